The maximum absolute atomic E-state index is 14.4. The van der Waals surface area contributed by atoms with Crippen molar-refractivity contribution in [3.05, 3.63) is 69.2 Å². The fraction of sp³-hybridized carbons (Fsp3) is 0.629. The van der Waals surface area contributed by atoms with E-state index in [2.05, 4.69) is 10.3 Å². The van der Waals surface area contributed by atoms with E-state index in [0.29, 0.717) is 56.4 Å². The third kappa shape index (κ3) is 14.1. The number of allylic oxidation sites excluding steroid dienone is 6. The molecule has 0 saturated carbocycles. The second-order valence-electron chi connectivity index (χ2n) is 27.0. The number of phosphoric ester groups is 1. The Morgan fingerprint density at radius 2 is 1.37 bits per heavy atom. The summed E-state index contributed by atoms with van der Waals surface area (Å²) in [5.41, 5.74) is 36.8. The van der Waals surface area contributed by atoms with E-state index in [1.54, 1.807) is 11.5 Å². The number of aliphatic imine (C=N–C) groups is 3. The predicted molar refractivity (Wildman–Crippen MR) is 337 cm³/mol. The van der Waals surface area contributed by atoms with Crippen LogP contribution >= 0.6 is 7.82 Å². The number of aliphatic hydroxyl groups excluding tert-OH is 2. The third-order valence-corrected chi connectivity index (χ3v) is 21.6. The molecular weight excluding hydrogens is 1260 g/mol. The van der Waals surface area contributed by atoms with Crippen molar-refractivity contribution >= 4 is 77.3 Å². The topological polar surface area (TPSA) is 494 Å². The Bertz CT molecular complexity index is 3550. The minimum Gasteiger partial charge on any atom is -0.682 e. The summed E-state index contributed by atoms with van der Waals surface area (Å²) < 4.78 is 32.3. The van der Waals surface area contributed by atoms with Gasteiger partial charge in [0.2, 0.25) is 41.4 Å². The second-order valence-corrected chi connectivity index (χ2v) is 28.4. The number of phosphoric acid groups is 1. The van der Waals surface area contributed by atoms with E-state index in [1.165, 1.54) is 13.3 Å². The van der Waals surface area contributed by atoms with Crippen LogP contribution in [0.1, 0.15) is 150 Å². The van der Waals surface area contributed by atoms with Crippen molar-refractivity contribution in [2.24, 2.45) is 94.7 Å². The molecule has 0 spiro atoms. The Balaban J connectivity index is 0.00000672. The normalized spacial score (nSPS) is 31.3. The smallest absolute Gasteiger partial charge is 0.682 e. The molecule has 2 fully saturated rings. The number of aliphatic hydroxyl groups is 2. The van der Waals surface area contributed by atoms with Gasteiger partial charge in [0.05, 0.1) is 41.3 Å². The van der Waals surface area contributed by atoms with Crippen molar-refractivity contribution in [1.29, 1.82) is 0 Å². The molecule has 15 atom stereocenters. The van der Waals surface area contributed by atoms with Crippen LogP contribution in [-0.4, -0.2) is 138 Å². The minimum atomic E-state index is -5.07. The molecule has 92 heavy (non-hydrogen) atoms. The summed E-state index contributed by atoms with van der Waals surface area (Å²) in [6, 6.07) is 2.68. The van der Waals surface area contributed by atoms with Gasteiger partial charge in [-0.05, 0) is 119 Å². The number of nitrogens with two attached hydrogens (primary N) is 6. The van der Waals surface area contributed by atoms with E-state index in [1.807, 2.05) is 80.5 Å². The van der Waals surface area contributed by atoms with Crippen LogP contribution in [0.5, 0.6) is 0 Å². The molecule has 15 unspecified atom stereocenters. The van der Waals surface area contributed by atoms with Crippen molar-refractivity contribution < 1.29 is 89.3 Å². The Labute approximate surface area is 545 Å². The van der Waals surface area contributed by atoms with Gasteiger partial charge in [-0.25, -0.2) is 9.55 Å². The van der Waals surface area contributed by atoms with E-state index in [0.717, 1.165) is 11.1 Å². The van der Waals surface area contributed by atoms with Crippen LogP contribution < -0.4 is 39.7 Å². The molecule has 1 aromatic carbocycles. The number of nitrogens with zero attached hydrogens (tertiary/aromatic N) is 6. The molecular formula is C62H91CoN13O15P+. The van der Waals surface area contributed by atoms with Gasteiger partial charge in [-0.15, -0.1) is 0 Å². The first-order chi connectivity index (χ1) is 41.8. The summed E-state index contributed by atoms with van der Waals surface area (Å²) in [5.74, 6) is -7.34. The zero-order chi connectivity index (χ0) is 66.7. The van der Waals surface area contributed by atoms with Gasteiger partial charge in [-0.2, -0.15) is 5.70 Å². The zero-order valence-corrected chi connectivity index (χ0v) is 56.0. The number of carbonyl (C=O) groups is 7. The molecule has 1 aromatic heterocycles. The fourth-order valence-corrected chi connectivity index (χ4v) is 16.5. The second kappa shape index (κ2) is 27.8. The third-order valence-electron chi connectivity index (χ3n) is 20.5. The molecule has 1 radical (unpaired) electrons. The number of nitrogens with one attached hydrogen (secondary N) is 1. The van der Waals surface area contributed by atoms with Crippen LogP contribution in [-0.2, 0) is 68.7 Å². The van der Waals surface area contributed by atoms with Crippen LogP contribution in [0, 0.1) is 59.2 Å². The molecule has 8 bridgehead atoms. The molecule has 6 aliphatic heterocycles. The first-order valence-corrected chi connectivity index (χ1v) is 32.0. The molecule has 7 heterocycles. The first-order valence-electron chi connectivity index (χ1n) is 30.5. The van der Waals surface area contributed by atoms with Crippen LogP contribution in [0.15, 0.2) is 67.8 Å². The number of aromatic nitrogens is 2. The number of fused-ring (bicyclic) bond motifs is 7. The molecule has 6 aliphatic rings. The molecule has 7 amide bonds. The number of benzene rings is 1. The molecule has 507 valence electrons. The van der Waals surface area contributed by atoms with Crippen molar-refractivity contribution in [3.8, 4) is 0 Å². The van der Waals surface area contributed by atoms with E-state index in [-0.39, 0.29) is 99.4 Å². The average molecular weight is 1350 g/mol. The molecule has 28 nitrogen and oxygen atoms in total. The molecule has 18 N–H and O–H groups in total. The Hall–Kier alpha value is -6.53. The predicted octanol–water partition coefficient (Wildman–Crippen LogP) is 3.12. The SMILES string of the molecule is CC1=C2N=C(C=C3N=C(C(C)=C4[N-]C(C(CC(N)=O)C4(C)CCC(=O)NCC(C)OP(=O)(O)OC4C(CO)OC(n5cnc6cc(C)c(C)cc65)C4O)C4(C)N=C1C(CCC(N)=O)C4(C)CC(N)=O)C(CCC(N)=O)C3(C)C)C(CCC(N)=O)C2(C)CC(N)=O.O.[Co+2]. The number of rotatable bonds is 26. The molecule has 2 saturated heterocycles. The number of hydrogen-bond donors (Lipinski definition) is 10. The number of primary amides is 6. The van der Waals surface area contributed by atoms with Gasteiger partial charge >= 0.3 is 24.6 Å². The van der Waals surface area contributed by atoms with Gasteiger partial charge in [0.1, 0.15) is 18.3 Å². The van der Waals surface area contributed by atoms with E-state index in [9.17, 15) is 53.2 Å². The number of aryl methyl sites for hydroxylation is 2. The Morgan fingerprint density at radius 1 is 0.783 bits per heavy atom. The Morgan fingerprint density at radius 3 is 1.95 bits per heavy atom. The summed E-state index contributed by atoms with van der Waals surface area (Å²) in [5, 5.41) is 30.2. The average Bonchev–Trinajstić information content (AvgIpc) is 1.53. The molecule has 8 rings (SSSR count). The van der Waals surface area contributed by atoms with Gasteiger partial charge in [-0.3, -0.25) is 57.6 Å². The Kier molecular flexibility index (Phi) is 22.5. The van der Waals surface area contributed by atoms with E-state index >= 15 is 0 Å². The van der Waals surface area contributed by atoms with Crippen LogP contribution in [0.25, 0.3) is 16.4 Å². The van der Waals surface area contributed by atoms with Crippen molar-refractivity contribution in [1.82, 2.24) is 14.9 Å². The first kappa shape index (κ1) is 74.5. The maximum Gasteiger partial charge on any atom is 2.00 e. The van der Waals surface area contributed by atoms with Gasteiger partial charge in [0, 0.05) is 108 Å². The molecule has 30 heteroatoms. The van der Waals surface area contributed by atoms with Crippen LogP contribution in [0.3, 0.4) is 0 Å². The van der Waals surface area contributed by atoms with Gasteiger partial charge in [0.25, 0.3) is 0 Å². The number of amides is 7. The van der Waals surface area contributed by atoms with Crippen molar-refractivity contribution in [2.75, 3.05) is 13.2 Å². The fourth-order valence-electron chi connectivity index (χ4n) is 15.3. The molecule has 2 aromatic rings. The van der Waals surface area contributed by atoms with Crippen LogP contribution in [0.2, 0.25) is 0 Å². The largest absolute Gasteiger partial charge is 2.00 e. The van der Waals surface area contributed by atoms with Gasteiger partial charge < -0.3 is 74.9 Å². The van der Waals surface area contributed by atoms with E-state index < -0.39 is 143 Å². The summed E-state index contributed by atoms with van der Waals surface area (Å²) in [6.07, 6.45) is -4.47. The quantitative estimate of drug-likeness (QED) is 0.0605. The molecule has 0 aliphatic carbocycles. The zero-order valence-electron chi connectivity index (χ0n) is 54.0. The van der Waals surface area contributed by atoms with Crippen LogP contribution in [0.4, 0.5) is 0 Å². The summed E-state index contributed by atoms with van der Waals surface area (Å²) in [6.45, 7) is 19.1. The van der Waals surface area contributed by atoms with Crippen molar-refractivity contribution in [3.63, 3.8) is 0 Å². The number of hydrogen-bond acceptors (Lipinski definition) is 17. The monoisotopic (exact) mass is 1350 g/mol. The minimum absolute atomic E-state index is 0. The van der Waals surface area contributed by atoms with Gasteiger partial charge in [0.15, 0.2) is 6.23 Å². The van der Waals surface area contributed by atoms with Gasteiger partial charge in [-0.1, -0.05) is 40.7 Å². The van der Waals surface area contributed by atoms with E-state index in [4.69, 9.17) is 68.5 Å². The summed E-state index contributed by atoms with van der Waals surface area (Å²) >= 11 is 0. The number of ether oxygens (including phenoxy) is 1. The number of imidazole rings is 1. The summed E-state index contributed by atoms with van der Waals surface area (Å²) in [4.78, 5) is 125. The maximum atomic E-state index is 14.4. The summed E-state index contributed by atoms with van der Waals surface area (Å²) in [7, 11) is -5.07. The standard InChI is InChI=1S/C62H90N13O14P.Co.H2O/c1-29-20-39-40(21-30(29)2)75(28-70-39)57-52(84)53(41(27-76)87-57)89-90(85,86)88-31(3)26-69-49(83)18-19-59(8)37(22-46(66)80)56-62(11)61(10,25-48(68)82)36(14-17-45(65)79)51(74-62)33(5)55-60(9,24-47(67)81)34(12-15-43(63)77)38(71-55)23-42-58(6,7)35(13-16-44(64)78)50(72-42)32(4)54(59)73-56;;/h20-21,23,28,31,34-37,41,52-53,56-57,76,84H,12-19,22,24-27H2,1-11H3,(H15,63,64,65,66,67,68,69,71,72,73,74,77,78,79,80,81,82,83,85,86);;1H2/q;+2;/p-1. The van der Waals surface area contributed by atoms with Crippen molar-refractivity contribution in [2.45, 2.75) is 189 Å². The number of carbonyl (C=O) groups excluding carboxylic acids is 7.